The molecule has 2 fully saturated rings. The van der Waals surface area contributed by atoms with Gasteiger partial charge in [0.1, 0.15) is 0 Å². The molecule has 2 nitrogen and oxygen atoms in total. The van der Waals surface area contributed by atoms with Gasteiger partial charge in [-0.15, -0.1) is 11.6 Å². The Labute approximate surface area is 116 Å². The van der Waals surface area contributed by atoms with Crippen LogP contribution in [0.3, 0.4) is 0 Å². The predicted octanol–water partition coefficient (Wildman–Crippen LogP) is 3.73. The van der Waals surface area contributed by atoms with Crippen molar-refractivity contribution in [2.24, 2.45) is 17.3 Å². The van der Waals surface area contributed by atoms with E-state index in [1.54, 1.807) is 0 Å². The van der Waals surface area contributed by atoms with Crippen molar-refractivity contribution in [3.05, 3.63) is 0 Å². The Morgan fingerprint density at radius 2 is 2.06 bits per heavy atom. The molecular weight excluding hydrogens is 246 g/mol. The van der Waals surface area contributed by atoms with Crippen LogP contribution in [0.15, 0.2) is 0 Å². The third kappa shape index (κ3) is 3.40. The summed E-state index contributed by atoms with van der Waals surface area (Å²) in [5.74, 6) is 1.08. The van der Waals surface area contributed by atoms with Crippen LogP contribution >= 0.6 is 11.6 Å². The number of hydrogen-bond donors (Lipinski definition) is 1. The average molecular weight is 272 g/mol. The largest absolute Gasteiger partial charge is 0.356 e. The zero-order valence-electron chi connectivity index (χ0n) is 11.7. The van der Waals surface area contributed by atoms with Gasteiger partial charge < -0.3 is 5.32 Å². The molecule has 2 aliphatic carbocycles. The number of halogens is 1. The SMILES string of the molecule is CC1(C)CCCC1C(=O)NCC1CCCC(Cl)C1. The van der Waals surface area contributed by atoms with Crippen LogP contribution in [-0.4, -0.2) is 17.8 Å². The van der Waals surface area contributed by atoms with E-state index in [-0.39, 0.29) is 17.2 Å². The highest BCUT2D eigenvalue weighted by atomic mass is 35.5. The van der Waals surface area contributed by atoms with Crippen LogP contribution in [0.1, 0.15) is 58.8 Å². The summed E-state index contributed by atoms with van der Waals surface area (Å²) in [5, 5.41) is 3.50. The van der Waals surface area contributed by atoms with E-state index >= 15 is 0 Å². The number of amides is 1. The van der Waals surface area contributed by atoms with Gasteiger partial charge in [-0.05, 0) is 43.4 Å². The van der Waals surface area contributed by atoms with Gasteiger partial charge in [-0.3, -0.25) is 4.79 Å². The lowest BCUT2D eigenvalue weighted by atomic mass is 9.81. The molecule has 104 valence electrons. The summed E-state index contributed by atoms with van der Waals surface area (Å²) in [7, 11) is 0. The first kappa shape index (κ1) is 14.2. The average Bonchev–Trinajstić information content (AvgIpc) is 2.66. The van der Waals surface area contributed by atoms with Gasteiger partial charge in [-0.25, -0.2) is 0 Å². The van der Waals surface area contributed by atoms with Crippen LogP contribution in [0, 0.1) is 17.3 Å². The van der Waals surface area contributed by atoms with E-state index in [1.165, 1.54) is 25.7 Å². The fourth-order valence-corrected chi connectivity index (χ4v) is 4.00. The fraction of sp³-hybridized carbons (Fsp3) is 0.933. The first-order valence-electron chi connectivity index (χ1n) is 7.41. The molecule has 0 aromatic rings. The number of alkyl halides is 1. The molecule has 0 bridgehead atoms. The summed E-state index contributed by atoms with van der Waals surface area (Å²) in [5.41, 5.74) is 0.186. The van der Waals surface area contributed by atoms with E-state index in [2.05, 4.69) is 19.2 Å². The fourth-order valence-electron chi connectivity index (χ4n) is 3.59. The van der Waals surface area contributed by atoms with Gasteiger partial charge in [-0.2, -0.15) is 0 Å². The minimum Gasteiger partial charge on any atom is -0.356 e. The van der Waals surface area contributed by atoms with Crippen LogP contribution in [0.5, 0.6) is 0 Å². The first-order chi connectivity index (χ1) is 8.49. The number of carbonyl (C=O) groups excluding carboxylic acids is 1. The molecule has 0 aromatic carbocycles. The van der Waals surface area contributed by atoms with Crippen LogP contribution in [0.2, 0.25) is 0 Å². The van der Waals surface area contributed by atoms with Crippen LogP contribution < -0.4 is 5.32 Å². The lowest BCUT2D eigenvalue weighted by molar-refractivity contribution is -0.127. The molecule has 0 aliphatic heterocycles. The molecule has 18 heavy (non-hydrogen) atoms. The van der Waals surface area contributed by atoms with Crippen LogP contribution in [0.4, 0.5) is 0 Å². The summed E-state index contributed by atoms with van der Waals surface area (Å²) in [6, 6.07) is 0. The lowest BCUT2D eigenvalue weighted by Gasteiger charge is -2.29. The molecule has 3 unspecified atom stereocenters. The first-order valence-corrected chi connectivity index (χ1v) is 7.84. The molecule has 1 amide bonds. The van der Waals surface area contributed by atoms with E-state index in [0.717, 1.165) is 25.8 Å². The highest BCUT2D eigenvalue weighted by Gasteiger charge is 2.39. The Hall–Kier alpha value is -0.240. The Morgan fingerprint density at radius 1 is 1.28 bits per heavy atom. The van der Waals surface area contributed by atoms with E-state index in [9.17, 15) is 4.79 Å². The van der Waals surface area contributed by atoms with Gasteiger partial charge in [0.25, 0.3) is 0 Å². The molecular formula is C15H26ClNO. The molecule has 2 aliphatic rings. The summed E-state index contributed by atoms with van der Waals surface area (Å²) in [6.45, 7) is 5.27. The number of rotatable bonds is 3. The van der Waals surface area contributed by atoms with Crippen molar-refractivity contribution >= 4 is 17.5 Å². The molecule has 0 saturated heterocycles. The molecule has 3 heteroatoms. The van der Waals surface area contributed by atoms with Gasteiger partial charge in [0.15, 0.2) is 0 Å². The Bertz CT molecular complexity index is 303. The quantitative estimate of drug-likeness (QED) is 0.779. The smallest absolute Gasteiger partial charge is 0.223 e. The zero-order valence-corrected chi connectivity index (χ0v) is 12.4. The molecule has 0 aromatic heterocycles. The third-order valence-corrected chi connectivity index (χ3v) is 5.25. The number of carbonyl (C=O) groups is 1. The van der Waals surface area contributed by atoms with E-state index in [1.807, 2.05) is 0 Å². The molecule has 2 rings (SSSR count). The van der Waals surface area contributed by atoms with Crippen molar-refractivity contribution in [1.82, 2.24) is 5.32 Å². The van der Waals surface area contributed by atoms with Gasteiger partial charge >= 0.3 is 0 Å². The maximum absolute atomic E-state index is 12.2. The Balaban J connectivity index is 1.78. The highest BCUT2D eigenvalue weighted by molar-refractivity contribution is 6.20. The molecule has 0 radical (unpaired) electrons. The van der Waals surface area contributed by atoms with E-state index in [0.29, 0.717) is 11.3 Å². The van der Waals surface area contributed by atoms with Crippen LogP contribution in [-0.2, 0) is 4.79 Å². The maximum atomic E-state index is 12.2. The predicted molar refractivity (Wildman–Crippen MR) is 75.7 cm³/mol. The number of hydrogen-bond acceptors (Lipinski definition) is 1. The molecule has 1 N–H and O–H groups in total. The Morgan fingerprint density at radius 3 is 2.67 bits per heavy atom. The molecule has 2 saturated carbocycles. The van der Waals surface area contributed by atoms with Crippen molar-refractivity contribution < 1.29 is 4.79 Å². The monoisotopic (exact) mass is 271 g/mol. The third-order valence-electron chi connectivity index (χ3n) is 4.86. The second kappa shape index (κ2) is 5.81. The number of nitrogens with one attached hydrogen (secondary N) is 1. The normalized spacial score (nSPS) is 35.4. The van der Waals surface area contributed by atoms with Gasteiger partial charge in [0.2, 0.25) is 5.91 Å². The minimum absolute atomic E-state index is 0.186. The van der Waals surface area contributed by atoms with Crippen molar-refractivity contribution in [3.63, 3.8) is 0 Å². The standard InChI is InChI=1S/C15H26ClNO/c1-15(2)8-4-7-13(15)14(18)17-10-11-5-3-6-12(16)9-11/h11-13H,3-10H2,1-2H3,(H,17,18). The summed E-state index contributed by atoms with van der Waals surface area (Å²) < 4.78 is 0. The van der Waals surface area contributed by atoms with Crippen molar-refractivity contribution in [2.45, 2.75) is 64.2 Å². The van der Waals surface area contributed by atoms with Gasteiger partial charge in [-0.1, -0.05) is 26.7 Å². The topological polar surface area (TPSA) is 29.1 Å². The van der Waals surface area contributed by atoms with E-state index in [4.69, 9.17) is 11.6 Å². The summed E-state index contributed by atoms with van der Waals surface area (Å²) in [6.07, 6.45) is 8.07. The highest BCUT2D eigenvalue weighted by Crippen LogP contribution is 2.42. The second-order valence-corrected chi connectivity index (χ2v) is 7.43. The zero-order chi connectivity index (χ0) is 13.2. The second-order valence-electron chi connectivity index (χ2n) is 6.81. The van der Waals surface area contributed by atoms with Crippen molar-refractivity contribution in [1.29, 1.82) is 0 Å². The molecule has 0 heterocycles. The summed E-state index contributed by atoms with van der Waals surface area (Å²) in [4.78, 5) is 12.2. The van der Waals surface area contributed by atoms with E-state index < -0.39 is 0 Å². The molecule has 3 atom stereocenters. The summed E-state index contributed by atoms with van der Waals surface area (Å²) >= 11 is 6.19. The maximum Gasteiger partial charge on any atom is 0.223 e. The van der Waals surface area contributed by atoms with Gasteiger partial charge in [0, 0.05) is 17.8 Å². The van der Waals surface area contributed by atoms with Crippen molar-refractivity contribution in [2.75, 3.05) is 6.54 Å². The van der Waals surface area contributed by atoms with Crippen molar-refractivity contribution in [3.8, 4) is 0 Å². The lowest BCUT2D eigenvalue weighted by Crippen LogP contribution is -2.39. The minimum atomic E-state index is 0.186. The Kier molecular flexibility index (Phi) is 4.58. The molecule has 0 spiro atoms. The van der Waals surface area contributed by atoms with Gasteiger partial charge in [0.05, 0.1) is 0 Å². The van der Waals surface area contributed by atoms with Crippen LogP contribution in [0.25, 0.3) is 0 Å².